The van der Waals surface area contributed by atoms with E-state index in [1.807, 2.05) is 0 Å². The molecule has 0 radical (unpaired) electrons. The summed E-state index contributed by atoms with van der Waals surface area (Å²) in [6.45, 7) is 1.18. The van der Waals surface area contributed by atoms with E-state index in [2.05, 4.69) is 0 Å². The quantitative estimate of drug-likeness (QED) is 0.301. The summed E-state index contributed by atoms with van der Waals surface area (Å²) < 4.78 is 5.35. The molecule has 0 aliphatic heterocycles. The number of hydrogen-bond donors (Lipinski definition) is 6. The summed E-state index contributed by atoms with van der Waals surface area (Å²) in [6, 6.07) is 0. The highest BCUT2D eigenvalue weighted by atomic mass is 16.5. The third-order valence-corrected chi connectivity index (χ3v) is 3.53. The smallest absolute Gasteiger partial charge is 0.216 e. The first-order valence-corrected chi connectivity index (χ1v) is 6.04. The van der Waals surface area contributed by atoms with Crippen LogP contribution in [0.1, 0.15) is 25.7 Å². The fraction of sp³-hybridized carbons (Fsp3) is 1.00. The molecule has 1 aliphatic rings. The minimum absolute atomic E-state index is 0.423. The van der Waals surface area contributed by atoms with Crippen LogP contribution in [0.2, 0.25) is 0 Å². The number of ether oxygens (including phenoxy) is 1. The van der Waals surface area contributed by atoms with Crippen molar-refractivity contribution in [2.75, 3.05) is 13.2 Å². The minimum Gasteiger partial charge on any atom is -0.343 e. The van der Waals surface area contributed by atoms with Crippen LogP contribution in [0.5, 0.6) is 0 Å². The lowest BCUT2D eigenvalue weighted by atomic mass is 9.82. The Balaban J connectivity index is 2.33. The SMILES string of the molecule is NCC1CCC(COC(N)(N)C(N)(N)N)CC1. The van der Waals surface area contributed by atoms with Gasteiger partial charge in [0.05, 0.1) is 6.61 Å². The van der Waals surface area contributed by atoms with Gasteiger partial charge in [0.1, 0.15) is 0 Å². The van der Waals surface area contributed by atoms with Gasteiger partial charge in [-0.2, -0.15) is 0 Å². The zero-order valence-electron chi connectivity index (χ0n) is 10.3. The predicted molar refractivity (Wildman–Crippen MR) is 66.9 cm³/mol. The van der Waals surface area contributed by atoms with Gasteiger partial charge in [-0.1, -0.05) is 0 Å². The van der Waals surface area contributed by atoms with Crippen LogP contribution in [-0.2, 0) is 4.74 Å². The van der Waals surface area contributed by atoms with Crippen LogP contribution in [-0.4, -0.2) is 24.8 Å². The molecule has 102 valence electrons. The first-order valence-electron chi connectivity index (χ1n) is 6.04. The third kappa shape index (κ3) is 4.14. The highest BCUT2D eigenvalue weighted by Gasteiger charge is 2.38. The van der Waals surface area contributed by atoms with Gasteiger partial charge in [0, 0.05) is 0 Å². The Morgan fingerprint density at radius 2 is 1.35 bits per heavy atom. The molecule has 0 aromatic carbocycles. The summed E-state index contributed by atoms with van der Waals surface area (Å²) in [5, 5.41) is 0. The molecule has 0 atom stereocenters. The highest BCUT2D eigenvalue weighted by Crippen LogP contribution is 2.28. The standard InChI is InChI=1S/C10H26N6O/c11-5-7-1-3-8(4-2-7)6-17-10(15,16)9(12,13)14/h7-8H,1-6,11-16H2. The molecule has 0 unspecified atom stereocenters. The van der Waals surface area contributed by atoms with Gasteiger partial charge in [0.2, 0.25) is 5.85 Å². The molecule has 17 heavy (non-hydrogen) atoms. The van der Waals surface area contributed by atoms with Crippen molar-refractivity contribution in [3.05, 3.63) is 0 Å². The molecule has 1 fully saturated rings. The Morgan fingerprint density at radius 1 is 0.882 bits per heavy atom. The maximum atomic E-state index is 5.63. The van der Waals surface area contributed by atoms with E-state index >= 15 is 0 Å². The van der Waals surface area contributed by atoms with Gasteiger partial charge in [0.15, 0.2) is 5.79 Å². The Labute approximate surface area is 102 Å². The van der Waals surface area contributed by atoms with Gasteiger partial charge in [-0.15, -0.1) is 0 Å². The van der Waals surface area contributed by atoms with Gasteiger partial charge in [-0.3, -0.25) is 28.7 Å². The summed E-state index contributed by atoms with van der Waals surface area (Å²) in [7, 11) is 0. The first-order chi connectivity index (χ1) is 7.76. The van der Waals surface area contributed by atoms with Crippen molar-refractivity contribution in [1.29, 1.82) is 0 Å². The van der Waals surface area contributed by atoms with E-state index in [-0.39, 0.29) is 0 Å². The molecule has 1 aliphatic carbocycles. The topological polar surface area (TPSA) is 165 Å². The van der Waals surface area contributed by atoms with Gasteiger partial charge >= 0.3 is 0 Å². The third-order valence-electron chi connectivity index (χ3n) is 3.53. The molecule has 12 N–H and O–H groups in total. The number of rotatable bonds is 5. The van der Waals surface area contributed by atoms with E-state index in [0.717, 1.165) is 32.2 Å². The molecule has 0 bridgehead atoms. The fourth-order valence-electron chi connectivity index (χ4n) is 2.01. The van der Waals surface area contributed by atoms with Crippen molar-refractivity contribution in [3.8, 4) is 0 Å². The maximum absolute atomic E-state index is 5.63. The lowest BCUT2D eigenvalue weighted by molar-refractivity contribution is -0.104. The van der Waals surface area contributed by atoms with E-state index in [1.165, 1.54) is 0 Å². The monoisotopic (exact) mass is 246 g/mol. The average Bonchev–Trinajstić information content (AvgIpc) is 2.25. The van der Waals surface area contributed by atoms with E-state index in [4.69, 9.17) is 39.1 Å². The summed E-state index contributed by atoms with van der Waals surface area (Å²) >= 11 is 0. The van der Waals surface area contributed by atoms with E-state index in [9.17, 15) is 0 Å². The lowest BCUT2D eigenvalue weighted by Crippen LogP contribution is -2.82. The molecule has 0 heterocycles. The van der Waals surface area contributed by atoms with E-state index < -0.39 is 11.6 Å². The molecule has 7 nitrogen and oxygen atoms in total. The zero-order valence-corrected chi connectivity index (χ0v) is 10.3. The molecule has 0 amide bonds. The van der Waals surface area contributed by atoms with Crippen LogP contribution in [0, 0.1) is 11.8 Å². The number of nitrogens with two attached hydrogens (primary N) is 6. The zero-order chi connectivity index (χ0) is 13.1. The van der Waals surface area contributed by atoms with Crippen LogP contribution < -0.4 is 34.4 Å². The van der Waals surface area contributed by atoms with Gasteiger partial charge in [-0.05, 0) is 44.1 Å². The van der Waals surface area contributed by atoms with Gasteiger partial charge in [-0.25, -0.2) is 0 Å². The van der Waals surface area contributed by atoms with Crippen molar-refractivity contribution in [2.24, 2.45) is 46.2 Å². The van der Waals surface area contributed by atoms with Gasteiger partial charge < -0.3 is 10.5 Å². The molecule has 1 rings (SSSR count). The van der Waals surface area contributed by atoms with Crippen LogP contribution in [0.25, 0.3) is 0 Å². The Morgan fingerprint density at radius 3 is 1.76 bits per heavy atom. The van der Waals surface area contributed by atoms with Crippen molar-refractivity contribution in [1.82, 2.24) is 0 Å². The Kier molecular flexibility index (Phi) is 4.85. The molecule has 1 saturated carbocycles. The molecule has 0 spiro atoms. The summed E-state index contributed by atoms with van der Waals surface area (Å²) in [5.74, 6) is -2.41. The molecule has 0 aromatic heterocycles. The van der Waals surface area contributed by atoms with Crippen LogP contribution in [0.4, 0.5) is 0 Å². The molecular formula is C10H26N6O. The molecular weight excluding hydrogens is 220 g/mol. The van der Waals surface area contributed by atoms with Crippen LogP contribution >= 0.6 is 0 Å². The van der Waals surface area contributed by atoms with E-state index in [1.54, 1.807) is 0 Å². The summed E-state index contributed by atoms with van der Waals surface area (Å²) in [4.78, 5) is 0. The van der Waals surface area contributed by atoms with Crippen molar-refractivity contribution in [3.63, 3.8) is 0 Å². The van der Waals surface area contributed by atoms with Gasteiger partial charge in [0.25, 0.3) is 0 Å². The minimum atomic E-state index is -1.75. The highest BCUT2D eigenvalue weighted by molar-refractivity contribution is 4.87. The Hall–Kier alpha value is -0.280. The second kappa shape index (κ2) is 5.57. The van der Waals surface area contributed by atoms with Crippen molar-refractivity contribution < 1.29 is 4.74 Å². The van der Waals surface area contributed by atoms with Crippen molar-refractivity contribution >= 4 is 0 Å². The predicted octanol–water partition coefficient (Wildman–Crippen LogP) is -2.13. The largest absolute Gasteiger partial charge is 0.343 e. The molecule has 0 saturated heterocycles. The fourth-order valence-corrected chi connectivity index (χ4v) is 2.01. The Bertz CT molecular complexity index is 231. The van der Waals surface area contributed by atoms with Crippen molar-refractivity contribution in [2.45, 2.75) is 37.3 Å². The number of hydrogen-bond acceptors (Lipinski definition) is 7. The summed E-state index contributed by atoms with van der Waals surface area (Å²) in [6.07, 6.45) is 4.35. The van der Waals surface area contributed by atoms with Crippen LogP contribution in [0.15, 0.2) is 0 Å². The normalized spacial score (nSPS) is 27.2. The van der Waals surface area contributed by atoms with E-state index in [0.29, 0.717) is 18.4 Å². The lowest BCUT2D eigenvalue weighted by Gasteiger charge is -2.38. The molecule has 7 heteroatoms. The average molecular weight is 246 g/mol. The van der Waals surface area contributed by atoms with Crippen LogP contribution in [0.3, 0.4) is 0 Å². The second-order valence-corrected chi connectivity index (χ2v) is 5.16. The first kappa shape index (κ1) is 14.8. The molecule has 0 aromatic rings. The summed E-state index contributed by atoms with van der Waals surface area (Å²) in [5.41, 5.74) is 33.2. The second-order valence-electron chi connectivity index (χ2n) is 5.16. The maximum Gasteiger partial charge on any atom is 0.216 e.